The Morgan fingerprint density at radius 3 is 2.74 bits per heavy atom. The van der Waals surface area contributed by atoms with E-state index in [1.54, 1.807) is 0 Å². The van der Waals surface area contributed by atoms with Crippen molar-refractivity contribution in [2.45, 2.75) is 53.5 Å². The number of anilines is 1. The van der Waals surface area contributed by atoms with Crippen molar-refractivity contribution in [2.24, 2.45) is 17.1 Å². The molecule has 108 valence electrons. The molecule has 1 aromatic rings. The Kier molecular flexibility index (Phi) is 4.21. The average molecular weight is 281 g/mol. The summed E-state index contributed by atoms with van der Waals surface area (Å²) in [6.45, 7) is 13.4. The molecule has 0 saturated carbocycles. The van der Waals surface area contributed by atoms with Gasteiger partial charge >= 0.3 is 0 Å². The van der Waals surface area contributed by atoms with Gasteiger partial charge in [-0.25, -0.2) is 4.98 Å². The van der Waals surface area contributed by atoms with Gasteiger partial charge in [-0.1, -0.05) is 39.0 Å². The van der Waals surface area contributed by atoms with E-state index in [0.717, 1.165) is 31.1 Å². The number of rotatable bonds is 4. The topological polar surface area (TPSA) is 42.2 Å². The van der Waals surface area contributed by atoms with Crippen LogP contribution in [0.3, 0.4) is 0 Å². The van der Waals surface area contributed by atoms with E-state index in [9.17, 15) is 0 Å². The van der Waals surface area contributed by atoms with Crippen LogP contribution in [-0.4, -0.2) is 18.1 Å². The van der Waals surface area contributed by atoms with E-state index in [-0.39, 0.29) is 11.5 Å². The predicted octanol–water partition coefficient (Wildman–Crippen LogP) is 3.60. The zero-order chi connectivity index (χ0) is 14.2. The molecule has 0 saturated heterocycles. The second-order valence-corrected chi connectivity index (χ2v) is 7.90. The lowest BCUT2D eigenvalue weighted by Gasteiger charge is -2.32. The van der Waals surface area contributed by atoms with E-state index in [0.29, 0.717) is 5.92 Å². The first-order valence-electron chi connectivity index (χ1n) is 7.32. The number of nitrogens with zero attached hydrogens (tertiary/aromatic N) is 2. The molecule has 0 spiro atoms. The highest BCUT2D eigenvalue weighted by Gasteiger charge is 2.33. The van der Waals surface area contributed by atoms with Crippen LogP contribution in [0.4, 0.5) is 5.13 Å². The summed E-state index contributed by atoms with van der Waals surface area (Å²) in [6, 6.07) is 0.169. The van der Waals surface area contributed by atoms with Crippen molar-refractivity contribution in [1.29, 1.82) is 0 Å². The lowest BCUT2D eigenvalue weighted by molar-refractivity contribution is 0.282. The van der Waals surface area contributed by atoms with Crippen molar-refractivity contribution < 1.29 is 0 Å². The molecule has 0 bridgehead atoms. The summed E-state index contributed by atoms with van der Waals surface area (Å²) in [7, 11) is 0. The SMILES string of the molecule is CCN(CC(C)C)c1nc2c(s1)C(N)CC(C)(C)C2. The molecule has 2 N–H and O–H groups in total. The Balaban J connectivity index is 2.26. The van der Waals surface area contributed by atoms with Crippen molar-refractivity contribution in [3.63, 3.8) is 0 Å². The maximum absolute atomic E-state index is 6.33. The van der Waals surface area contributed by atoms with E-state index < -0.39 is 0 Å². The largest absolute Gasteiger partial charge is 0.348 e. The molecule has 4 heteroatoms. The third kappa shape index (κ3) is 3.29. The van der Waals surface area contributed by atoms with E-state index in [4.69, 9.17) is 10.7 Å². The summed E-state index contributed by atoms with van der Waals surface area (Å²) in [5, 5.41) is 1.16. The van der Waals surface area contributed by atoms with Crippen LogP contribution in [0.25, 0.3) is 0 Å². The molecule has 1 aliphatic carbocycles. The monoisotopic (exact) mass is 281 g/mol. The number of aromatic nitrogens is 1. The van der Waals surface area contributed by atoms with Gasteiger partial charge in [-0.05, 0) is 31.1 Å². The van der Waals surface area contributed by atoms with Gasteiger partial charge in [0.2, 0.25) is 0 Å². The van der Waals surface area contributed by atoms with Crippen LogP contribution in [0.1, 0.15) is 57.7 Å². The molecule has 19 heavy (non-hydrogen) atoms. The van der Waals surface area contributed by atoms with E-state index in [2.05, 4.69) is 39.5 Å². The van der Waals surface area contributed by atoms with Crippen LogP contribution < -0.4 is 10.6 Å². The maximum atomic E-state index is 6.33. The second kappa shape index (κ2) is 5.41. The van der Waals surface area contributed by atoms with Gasteiger partial charge in [0.1, 0.15) is 0 Å². The van der Waals surface area contributed by atoms with Crippen molar-refractivity contribution in [2.75, 3.05) is 18.0 Å². The molecule has 1 aliphatic rings. The molecule has 0 aromatic carbocycles. The molecule has 1 unspecified atom stereocenters. The average Bonchev–Trinajstić information content (AvgIpc) is 2.67. The zero-order valence-corrected chi connectivity index (χ0v) is 13.7. The molecule has 1 atom stereocenters. The number of thiazole rings is 1. The molecule has 1 aromatic heterocycles. The van der Waals surface area contributed by atoms with Crippen LogP contribution in [0.5, 0.6) is 0 Å². The van der Waals surface area contributed by atoms with Gasteiger partial charge in [-0.2, -0.15) is 0 Å². The first kappa shape index (κ1) is 14.8. The highest BCUT2D eigenvalue weighted by molar-refractivity contribution is 7.15. The summed E-state index contributed by atoms with van der Waals surface area (Å²) >= 11 is 1.81. The van der Waals surface area contributed by atoms with Gasteiger partial charge in [-0.3, -0.25) is 0 Å². The molecule has 0 amide bonds. The molecule has 1 heterocycles. The van der Waals surface area contributed by atoms with Gasteiger partial charge < -0.3 is 10.6 Å². The lowest BCUT2D eigenvalue weighted by atomic mass is 9.77. The van der Waals surface area contributed by atoms with Gasteiger partial charge in [0.25, 0.3) is 0 Å². The Bertz CT molecular complexity index is 437. The molecule has 2 rings (SSSR count). The summed E-state index contributed by atoms with van der Waals surface area (Å²) in [5.41, 5.74) is 7.86. The highest BCUT2D eigenvalue weighted by Crippen LogP contribution is 2.43. The van der Waals surface area contributed by atoms with Crippen molar-refractivity contribution in [1.82, 2.24) is 4.98 Å². The fourth-order valence-corrected chi connectivity index (χ4v) is 4.05. The molecule has 0 fully saturated rings. The summed E-state index contributed by atoms with van der Waals surface area (Å²) in [6.07, 6.45) is 2.13. The minimum atomic E-state index is 0.169. The van der Waals surface area contributed by atoms with Gasteiger partial charge in [0.15, 0.2) is 5.13 Å². The van der Waals surface area contributed by atoms with E-state index in [1.165, 1.54) is 10.6 Å². The minimum Gasteiger partial charge on any atom is -0.348 e. The Morgan fingerprint density at radius 2 is 2.16 bits per heavy atom. The van der Waals surface area contributed by atoms with Crippen LogP contribution >= 0.6 is 11.3 Å². The van der Waals surface area contributed by atoms with Crippen LogP contribution in [0.2, 0.25) is 0 Å². The van der Waals surface area contributed by atoms with Crippen molar-refractivity contribution >= 4 is 16.5 Å². The zero-order valence-electron chi connectivity index (χ0n) is 12.9. The molecule has 3 nitrogen and oxygen atoms in total. The third-order valence-corrected chi connectivity index (χ3v) is 5.00. The Labute approximate surface area is 121 Å². The maximum Gasteiger partial charge on any atom is 0.185 e. The number of nitrogens with two attached hydrogens (primary N) is 1. The normalized spacial score (nSPS) is 21.5. The second-order valence-electron chi connectivity index (χ2n) is 6.89. The van der Waals surface area contributed by atoms with Crippen LogP contribution in [-0.2, 0) is 6.42 Å². The van der Waals surface area contributed by atoms with Gasteiger partial charge in [-0.15, -0.1) is 0 Å². The summed E-state index contributed by atoms with van der Waals surface area (Å²) < 4.78 is 0. The molecule has 0 aliphatic heterocycles. The standard InChI is InChI=1S/C15H27N3S/c1-6-18(9-10(2)3)14-17-12-8-15(4,5)7-11(16)13(12)19-14/h10-11H,6-9,16H2,1-5H3. The quantitative estimate of drug-likeness (QED) is 0.917. The highest BCUT2D eigenvalue weighted by atomic mass is 32.1. The van der Waals surface area contributed by atoms with Crippen molar-refractivity contribution in [3.05, 3.63) is 10.6 Å². The molecular formula is C15H27N3S. The first-order chi connectivity index (χ1) is 8.82. The Morgan fingerprint density at radius 1 is 1.47 bits per heavy atom. The fraction of sp³-hybridized carbons (Fsp3) is 0.800. The lowest BCUT2D eigenvalue weighted by Crippen LogP contribution is -2.29. The summed E-state index contributed by atoms with van der Waals surface area (Å²) in [4.78, 5) is 8.58. The van der Waals surface area contributed by atoms with E-state index in [1.807, 2.05) is 11.3 Å². The van der Waals surface area contributed by atoms with Crippen LogP contribution in [0, 0.1) is 11.3 Å². The Hall–Kier alpha value is -0.610. The predicted molar refractivity (Wildman–Crippen MR) is 83.9 cm³/mol. The number of fused-ring (bicyclic) bond motifs is 1. The number of hydrogen-bond donors (Lipinski definition) is 1. The van der Waals surface area contributed by atoms with Gasteiger partial charge in [0.05, 0.1) is 5.69 Å². The smallest absolute Gasteiger partial charge is 0.185 e. The van der Waals surface area contributed by atoms with Crippen molar-refractivity contribution in [3.8, 4) is 0 Å². The fourth-order valence-electron chi connectivity index (χ4n) is 2.90. The number of hydrogen-bond acceptors (Lipinski definition) is 4. The van der Waals surface area contributed by atoms with Crippen LogP contribution in [0.15, 0.2) is 0 Å². The first-order valence-corrected chi connectivity index (χ1v) is 8.14. The third-order valence-electron chi connectivity index (χ3n) is 3.71. The molecule has 0 radical (unpaired) electrons. The van der Waals surface area contributed by atoms with E-state index >= 15 is 0 Å². The summed E-state index contributed by atoms with van der Waals surface area (Å²) in [5.74, 6) is 0.658. The molecular weight excluding hydrogens is 254 g/mol. The minimum absolute atomic E-state index is 0.169. The van der Waals surface area contributed by atoms with Gasteiger partial charge in [0, 0.05) is 24.0 Å².